The van der Waals surface area contributed by atoms with Crippen LogP contribution in [0.5, 0.6) is 0 Å². The molecule has 1 heterocycles. The number of unbranched alkanes of at least 4 members (excludes halogenated alkanes) is 1. The minimum atomic E-state index is -0.192. The van der Waals surface area contributed by atoms with E-state index in [1.807, 2.05) is 11.8 Å². The first-order valence-corrected chi connectivity index (χ1v) is 6.60. The van der Waals surface area contributed by atoms with E-state index in [1.54, 1.807) is 13.2 Å². The van der Waals surface area contributed by atoms with Gasteiger partial charge in [-0.05, 0) is 24.9 Å². The number of rotatable bonds is 6. The first-order chi connectivity index (χ1) is 7.65. The second-order valence-electron chi connectivity index (χ2n) is 3.56. The molecule has 0 saturated carbocycles. The molecule has 0 saturated heterocycles. The van der Waals surface area contributed by atoms with Gasteiger partial charge in [0, 0.05) is 19.8 Å². The van der Waals surface area contributed by atoms with E-state index in [1.165, 1.54) is 4.68 Å². The zero-order valence-corrected chi connectivity index (χ0v) is 10.5. The van der Waals surface area contributed by atoms with Crippen molar-refractivity contribution in [2.24, 2.45) is 7.05 Å². The van der Waals surface area contributed by atoms with Crippen molar-refractivity contribution in [3.05, 3.63) is 11.9 Å². The summed E-state index contributed by atoms with van der Waals surface area (Å²) >= 11 is 1.81. The summed E-state index contributed by atoms with van der Waals surface area (Å²) < 4.78 is 1.54. The van der Waals surface area contributed by atoms with E-state index in [-0.39, 0.29) is 5.91 Å². The molecule has 0 radical (unpaired) electrons. The molecule has 0 atom stereocenters. The topological polar surface area (TPSA) is 72.9 Å². The summed E-state index contributed by atoms with van der Waals surface area (Å²) in [5, 5.41) is 6.81. The highest BCUT2D eigenvalue weighted by Gasteiger charge is 2.12. The smallest absolute Gasteiger partial charge is 0.273 e. The number of nitrogens with one attached hydrogen (secondary N) is 1. The molecule has 1 aromatic heterocycles. The second kappa shape index (κ2) is 6.42. The van der Waals surface area contributed by atoms with E-state index in [9.17, 15) is 4.79 Å². The maximum absolute atomic E-state index is 11.6. The molecule has 5 nitrogen and oxygen atoms in total. The summed E-state index contributed by atoms with van der Waals surface area (Å²) in [5.74, 6) is 0.934. The van der Waals surface area contributed by atoms with Crippen molar-refractivity contribution in [2.45, 2.75) is 12.8 Å². The minimum absolute atomic E-state index is 0.192. The standard InChI is InChI=1S/C10H18N4OS/c1-14-7-8(11)9(13-14)10(15)12-5-3-4-6-16-2/h7H,3-6,11H2,1-2H3,(H,12,15). The zero-order valence-electron chi connectivity index (χ0n) is 9.69. The lowest BCUT2D eigenvalue weighted by Gasteiger charge is -2.02. The van der Waals surface area contributed by atoms with Crippen LogP contribution in [0.15, 0.2) is 6.20 Å². The molecule has 3 N–H and O–H groups in total. The van der Waals surface area contributed by atoms with Crippen LogP contribution in [0, 0.1) is 0 Å². The molecule has 0 aliphatic carbocycles. The fraction of sp³-hybridized carbons (Fsp3) is 0.600. The first kappa shape index (κ1) is 12.9. The van der Waals surface area contributed by atoms with Crippen molar-refractivity contribution >= 4 is 23.4 Å². The summed E-state index contributed by atoms with van der Waals surface area (Å²) in [6, 6.07) is 0. The van der Waals surface area contributed by atoms with Gasteiger partial charge in [0.05, 0.1) is 5.69 Å². The molecule has 0 fully saturated rings. The van der Waals surface area contributed by atoms with Crippen molar-refractivity contribution in [1.82, 2.24) is 15.1 Å². The third-order valence-electron chi connectivity index (χ3n) is 2.13. The number of aromatic nitrogens is 2. The van der Waals surface area contributed by atoms with Gasteiger partial charge in [-0.25, -0.2) is 0 Å². The number of hydrogen-bond donors (Lipinski definition) is 2. The van der Waals surface area contributed by atoms with Crippen LogP contribution in [0.25, 0.3) is 0 Å². The number of carbonyl (C=O) groups is 1. The molecule has 0 unspecified atom stereocenters. The van der Waals surface area contributed by atoms with Gasteiger partial charge in [0.1, 0.15) is 0 Å². The maximum Gasteiger partial charge on any atom is 0.273 e. The number of nitrogens with zero attached hydrogens (tertiary/aromatic N) is 2. The molecular weight excluding hydrogens is 224 g/mol. The first-order valence-electron chi connectivity index (χ1n) is 5.21. The lowest BCUT2D eigenvalue weighted by Crippen LogP contribution is -2.25. The van der Waals surface area contributed by atoms with E-state index in [2.05, 4.69) is 16.7 Å². The molecule has 6 heteroatoms. The molecule has 0 aliphatic rings. The number of nitrogen functional groups attached to an aromatic ring is 1. The number of amides is 1. The van der Waals surface area contributed by atoms with Crippen LogP contribution in [0.4, 0.5) is 5.69 Å². The summed E-state index contributed by atoms with van der Waals surface area (Å²) in [6.07, 6.45) is 5.80. The Hall–Kier alpha value is -1.17. The molecular formula is C10H18N4OS. The Morgan fingerprint density at radius 2 is 2.38 bits per heavy atom. The Labute approximate surface area is 99.8 Å². The van der Waals surface area contributed by atoms with Gasteiger partial charge < -0.3 is 11.1 Å². The second-order valence-corrected chi connectivity index (χ2v) is 4.55. The van der Waals surface area contributed by atoms with E-state index in [4.69, 9.17) is 5.73 Å². The number of aryl methyl sites for hydroxylation is 1. The van der Waals surface area contributed by atoms with Crippen LogP contribution in [0.1, 0.15) is 23.3 Å². The predicted octanol–water partition coefficient (Wildman–Crippen LogP) is 0.875. The third kappa shape index (κ3) is 3.77. The fourth-order valence-electron chi connectivity index (χ4n) is 1.34. The average Bonchev–Trinajstić information content (AvgIpc) is 2.57. The number of thioether (sulfide) groups is 1. The quantitative estimate of drug-likeness (QED) is 0.726. The SMILES string of the molecule is CSCCCCNC(=O)c1nn(C)cc1N. The van der Waals surface area contributed by atoms with Crippen molar-refractivity contribution in [1.29, 1.82) is 0 Å². The molecule has 16 heavy (non-hydrogen) atoms. The van der Waals surface area contributed by atoms with Gasteiger partial charge >= 0.3 is 0 Å². The largest absolute Gasteiger partial charge is 0.396 e. The van der Waals surface area contributed by atoms with Gasteiger partial charge in [-0.3, -0.25) is 9.48 Å². The highest BCUT2D eigenvalue weighted by molar-refractivity contribution is 7.98. The third-order valence-corrected chi connectivity index (χ3v) is 2.83. The van der Waals surface area contributed by atoms with Crippen LogP contribution in [-0.4, -0.2) is 34.2 Å². The highest BCUT2D eigenvalue weighted by atomic mass is 32.2. The highest BCUT2D eigenvalue weighted by Crippen LogP contribution is 2.07. The monoisotopic (exact) mass is 242 g/mol. The Balaban J connectivity index is 2.33. The zero-order chi connectivity index (χ0) is 12.0. The van der Waals surface area contributed by atoms with Crippen LogP contribution in [-0.2, 0) is 7.05 Å². The lowest BCUT2D eigenvalue weighted by atomic mass is 10.3. The molecule has 1 rings (SSSR count). The van der Waals surface area contributed by atoms with Gasteiger partial charge in [0.15, 0.2) is 5.69 Å². The van der Waals surface area contributed by atoms with E-state index >= 15 is 0 Å². The molecule has 0 spiro atoms. The predicted molar refractivity (Wildman–Crippen MR) is 67.6 cm³/mol. The van der Waals surface area contributed by atoms with Crippen LogP contribution < -0.4 is 11.1 Å². The van der Waals surface area contributed by atoms with E-state index in [0.717, 1.165) is 18.6 Å². The molecule has 0 bridgehead atoms. The van der Waals surface area contributed by atoms with Gasteiger partial charge in [-0.2, -0.15) is 16.9 Å². The fourth-order valence-corrected chi connectivity index (χ4v) is 1.83. The summed E-state index contributed by atoms with van der Waals surface area (Å²) in [7, 11) is 1.74. The maximum atomic E-state index is 11.6. The normalized spacial score (nSPS) is 10.4. The Morgan fingerprint density at radius 3 is 2.94 bits per heavy atom. The molecule has 1 aromatic rings. The van der Waals surface area contributed by atoms with E-state index < -0.39 is 0 Å². The summed E-state index contributed by atoms with van der Waals surface area (Å²) in [5.41, 5.74) is 6.38. The van der Waals surface area contributed by atoms with Crippen molar-refractivity contribution in [3.8, 4) is 0 Å². The van der Waals surface area contributed by atoms with Gasteiger partial charge in [0.25, 0.3) is 5.91 Å². The minimum Gasteiger partial charge on any atom is -0.396 e. The molecule has 0 aromatic carbocycles. The number of anilines is 1. The van der Waals surface area contributed by atoms with Gasteiger partial charge in [0.2, 0.25) is 0 Å². The lowest BCUT2D eigenvalue weighted by molar-refractivity contribution is 0.0948. The number of nitrogens with two attached hydrogens (primary N) is 1. The van der Waals surface area contributed by atoms with Gasteiger partial charge in [-0.15, -0.1) is 0 Å². The Kier molecular flexibility index (Phi) is 5.18. The number of hydrogen-bond acceptors (Lipinski definition) is 4. The summed E-state index contributed by atoms with van der Waals surface area (Å²) in [6.45, 7) is 0.676. The Morgan fingerprint density at radius 1 is 1.62 bits per heavy atom. The van der Waals surface area contributed by atoms with Gasteiger partial charge in [-0.1, -0.05) is 0 Å². The van der Waals surface area contributed by atoms with Crippen molar-refractivity contribution in [2.75, 3.05) is 24.3 Å². The number of carbonyl (C=O) groups excluding carboxylic acids is 1. The summed E-state index contributed by atoms with van der Waals surface area (Å²) in [4.78, 5) is 11.6. The average molecular weight is 242 g/mol. The van der Waals surface area contributed by atoms with Crippen LogP contribution in [0.2, 0.25) is 0 Å². The molecule has 0 aliphatic heterocycles. The van der Waals surface area contributed by atoms with E-state index in [0.29, 0.717) is 17.9 Å². The molecule has 90 valence electrons. The Bertz CT molecular complexity index is 351. The van der Waals surface area contributed by atoms with Crippen molar-refractivity contribution < 1.29 is 4.79 Å². The van der Waals surface area contributed by atoms with Crippen LogP contribution in [0.3, 0.4) is 0 Å². The molecule has 1 amide bonds. The van der Waals surface area contributed by atoms with Crippen LogP contribution >= 0.6 is 11.8 Å². The van der Waals surface area contributed by atoms with Crippen molar-refractivity contribution in [3.63, 3.8) is 0 Å².